The molecule has 0 amide bonds. The van der Waals surface area contributed by atoms with Crippen LogP contribution in [-0.4, -0.2) is 21.6 Å². The molecule has 2 aromatic heterocycles. The van der Waals surface area contributed by atoms with E-state index in [9.17, 15) is 4.39 Å². The van der Waals surface area contributed by atoms with Crippen LogP contribution < -0.4 is 10.1 Å². The average molecular weight is 392 g/mol. The summed E-state index contributed by atoms with van der Waals surface area (Å²) in [6.45, 7) is 6.69. The zero-order valence-corrected chi connectivity index (χ0v) is 16.4. The molecule has 2 heterocycles. The van der Waals surface area contributed by atoms with E-state index in [1.165, 1.54) is 6.07 Å². The van der Waals surface area contributed by atoms with Crippen molar-refractivity contribution in [2.75, 3.05) is 11.9 Å². The molecule has 0 atom stereocenters. The highest BCUT2D eigenvalue weighted by Crippen LogP contribution is 2.27. The van der Waals surface area contributed by atoms with Gasteiger partial charge in [0.15, 0.2) is 5.58 Å². The zero-order chi connectivity index (χ0) is 20.4. The minimum atomic E-state index is -0.405. The summed E-state index contributed by atoms with van der Waals surface area (Å²) in [7, 11) is 0. The van der Waals surface area contributed by atoms with Gasteiger partial charge in [0, 0.05) is 29.2 Å². The summed E-state index contributed by atoms with van der Waals surface area (Å²) in [5.41, 5.74) is 2.90. The lowest BCUT2D eigenvalue weighted by Gasteiger charge is -2.17. The summed E-state index contributed by atoms with van der Waals surface area (Å²) < 4.78 is 25.8. The smallest absolute Gasteiger partial charge is 0.316 e. The number of hydrogen-bond acceptors (Lipinski definition) is 6. The second kappa shape index (κ2) is 7.50. The molecule has 0 saturated carbocycles. The lowest BCUT2D eigenvalue weighted by Crippen LogP contribution is -2.17. The Labute approximate surface area is 167 Å². The minimum absolute atomic E-state index is 0.00562. The van der Waals surface area contributed by atoms with Gasteiger partial charge in [-0.1, -0.05) is 32.9 Å². The number of halogens is 1. The molecule has 0 fully saturated rings. The van der Waals surface area contributed by atoms with Crippen LogP contribution in [0.25, 0.3) is 22.2 Å². The fraction of sp³-hybridized carbons (Fsp3) is 0.227. The maximum absolute atomic E-state index is 14.7. The van der Waals surface area contributed by atoms with Gasteiger partial charge in [-0.3, -0.25) is 0 Å². The number of fused-ring (bicyclic) bond motifs is 1. The van der Waals surface area contributed by atoms with Crippen LogP contribution in [0.15, 0.2) is 59.3 Å². The second-order valence-electron chi connectivity index (χ2n) is 7.91. The number of anilines is 2. The van der Waals surface area contributed by atoms with E-state index in [0.717, 1.165) is 5.52 Å². The minimum Gasteiger partial charge on any atom is -0.463 e. The van der Waals surface area contributed by atoms with E-state index in [0.29, 0.717) is 35.0 Å². The van der Waals surface area contributed by atoms with Gasteiger partial charge >= 0.3 is 6.01 Å². The molecule has 0 radical (unpaired) electrons. The highest BCUT2D eigenvalue weighted by molar-refractivity contribution is 5.75. The Morgan fingerprint density at radius 2 is 1.83 bits per heavy atom. The Morgan fingerprint density at radius 3 is 2.52 bits per heavy atom. The van der Waals surface area contributed by atoms with Gasteiger partial charge in [-0.15, -0.1) is 0 Å². The molecular weight excluding hydrogens is 371 g/mol. The van der Waals surface area contributed by atoms with E-state index in [2.05, 4.69) is 41.0 Å². The topological polar surface area (TPSA) is 73.1 Å². The first-order chi connectivity index (χ1) is 13.9. The van der Waals surface area contributed by atoms with Crippen LogP contribution in [0.3, 0.4) is 0 Å². The lowest BCUT2D eigenvalue weighted by atomic mass is 9.99. The lowest BCUT2D eigenvalue weighted by molar-refractivity contribution is 0.184. The van der Waals surface area contributed by atoms with Crippen LogP contribution in [0.5, 0.6) is 6.01 Å². The van der Waals surface area contributed by atoms with Crippen LogP contribution in [-0.2, 0) is 0 Å². The van der Waals surface area contributed by atoms with Crippen molar-refractivity contribution in [1.82, 2.24) is 15.0 Å². The van der Waals surface area contributed by atoms with Gasteiger partial charge in [-0.2, -0.15) is 4.98 Å². The molecule has 4 aromatic rings. The van der Waals surface area contributed by atoms with E-state index in [1.54, 1.807) is 24.5 Å². The number of aromatic nitrogens is 3. The molecule has 0 aliphatic heterocycles. The van der Waals surface area contributed by atoms with E-state index in [1.807, 2.05) is 24.3 Å². The number of oxazole rings is 1. The highest BCUT2D eigenvalue weighted by atomic mass is 19.1. The van der Waals surface area contributed by atoms with Gasteiger partial charge in [0.05, 0.1) is 6.61 Å². The third-order valence-corrected chi connectivity index (χ3v) is 4.09. The number of benzene rings is 2. The first kappa shape index (κ1) is 18.9. The van der Waals surface area contributed by atoms with Crippen LogP contribution in [0.1, 0.15) is 20.8 Å². The van der Waals surface area contributed by atoms with E-state index < -0.39 is 5.82 Å². The molecule has 0 spiro atoms. The normalized spacial score (nSPS) is 11.6. The molecule has 0 bridgehead atoms. The summed E-state index contributed by atoms with van der Waals surface area (Å²) in [5.74, 6) is -0.405. The predicted octanol–water partition coefficient (Wildman–Crippen LogP) is 5.59. The molecule has 0 aliphatic rings. The molecule has 0 saturated heterocycles. The molecule has 2 aromatic carbocycles. The molecule has 29 heavy (non-hydrogen) atoms. The number of nitrogens with one attached hydrogen (secondary N) is 1. The Kier molecular flexibility index (Phi) is 4.88. The van der Waals surface area contributed by atoms with Crippen molar-refractivity contribution in [2.45, 2.75) is 20.8 Å². The quantitative estimate of drug-likeness (QED) is 0.477. The van der Waals surface area contributed by atoms with Gasteiger partial charge in [0.25, 0.3) is 6.01 Å². The number of rotatable bonds is 5. The van der Waals surface area contributed by atoms with Crippen molar-refractivity contribution in [3.05, 3.63) is 60.7 Å². The van der Waals surface area contributed by atoms with Crippen molar-refractivity contribution in [1.29, 1.82) is 0 Å². The summed E-state index contributed by atoms with van der Waals surface area (Å²) >= 11 is 0. The summed E-state index contributed by atoms with van der Waals surface area (Å²) in [5, 5.41) is 2.98. The molecule has 4 rings (SSSR count). The largest absolute Gasteiger partial charge is 0.463 e. The first-order valence-corrected chi connectivity index (χ1v) is 9.25. The fourth-order valence-electron chi connectivity index (χ4n) is 2.69. The maximum atomic E-state index is 14.7. The van der Waals surface area contributed by atoms with Crippen LogP contribution in [0, 0.1) is 11.2 Å². The molecule has 6 nitrogen and oxygen atoms in total. The predicted molar refractivity (Wildman–Crippen MR) is 110 cm³/mol. The van der Waals surface area contributed by atoms with Crippen molar-refractivity contribution in [3.8, 4) is 17.1 Å². The van der Waals surface area contributed by atoms with Crippen LogP contribution >= 0.6 is 0 Å². The van der Waals surface area contributed by atoms with Gasteiger partial charge in [0.2, 0.25) is 0 Å². The van der Waals surface area contributed by atoms with Crippen molar-refractivity contribution < 1.29 is 13.5 Å². The van der Waals surface area contributed by atoms with E-state index >= 15 is 0 Å². The molecule has 1 N–H and O–H groups in total. The van der Waals surface area contributed by atoms with Gasteiger partial charge < -0.3 is 14.5 Å². The van der Waals surface area contributed by atoms with Crippen LogP contribution in [0.2, 0.25) is 0 Å². The third-order valence-electron chi connectivity index (χ3n) is 4.09. The zero-order valence-electron chi connectivity index (χ0n) is 16.4. The fourth-order valence-corrected chi connectivity index (χ4v) is 2.69. The molecule has 0 unspecified atom stereocenters. The summed E-state index contributed by atoms with van der Waals surface area (Å²) in [6.07, 6.45) is 3.11. The van der Waals surface area contributed by atoms with Crippen molar-refractivity contribution in [3.63, 3.8) is 0 Å². The van der Waals surface area contributed by atoms with E-state index in [4.69, 9.17) is 9.15 Å². The van der Waals surface area contributed by atoms with Crippen molar-refractivity contribution >= 4 is 22.8 Å². The van der Waals surface area contributed by atoms with Gasteiger partial charge in [0.1, 0.15) is 11.3 Å². The highest BCUT2D eigenvalue weighted by Gasteiger charge is 2.13. The standard InChI is InChI=1S/C22H21FN4O2/c1-22(2,3)13-28-20-24-11-14(12-25-20)16-9-8-15(10-17(16)23)26-21-27-18-6-4-5-7-19(18)29-21/h4-12H,13H2,1-3H3,(H,26,27). The summed E-state index contributed by atoms with van der Waals surface area (Å²) in [6, 6.07) is 12.8. The second-order valence-corrected chi connectivity index (χ2v) is 7.91. The van der Waals surface area contributed by atoms with E-state index in [-0.39, 0.29) is 11.4 Å². The Bertz CT molecular complexity index is 1100. The van der Waals surface area contributed by atoms with Gasteiger partial charge in [-0.05, 0) is 35.7 Å². The number of nitrogens with zero attached hydrogens (tertiary/aromatic N) is 3. The number of para-hydroxylation sites is 2. The maximum Gasteiger partial charge on any atom is 0.316 e. The Hall–Kier alpha value is -3.48. The monoisotopic (exact) mass is 392 g/mol. The van der Waals surface area contributed by atoms with Crippen LogP contribution in [0.4, 0.5) is 16.1 Å². The third kappa shape index (κ3) is 4.51. The Morgan fingerprint density at radius 1 is 1.07 bits per heavy atom. The molecule has 7 heteroatoms. The van der Waals surface area contributed by atoms with Gasteiger partial charge in [-0.25, -0.2) is 14.4 Å². The summed E-state index contributed by atoms with van der Waals surface area (Å²) in [4.78, 5) is 12.7. The average Bonchev–Trinajstić information content (AvgIpc) is 3.09. The molecule has 148 valence electrons. The SMILES string of the molecule is CC(C)(C)COc1ncc(-c2ccc(Nc3nc4ccccc4o3)cc2F)cn1. The molecular formula is C22H21FN4O2. The number of hydrogen-bond donors (Lipinski definition) is 1. The Balaban J connectivity index is 1.49. The van der Waals surface area contributed by atoms with Crippen molar-refractivity contribution in [2.24, 2.45) is 5.41 Å². The molecule has 0 aliphatic carbocycles. The number of ether oxygens (including phenoxy) is 1. The first-order valence-electron chi connectivity index (χ1n) is 9.25.